The Bertz CT molecular complexity index is 705. The molecule has 0 bridgehead atoms. The average Bonchev–Trinajstić information content (AvgIpc) is 2.50. The number of rotatable bonds is 5. The zero-order valence-electron chi connectivity index (χ0n) is 13.7. The molecule has 23 heavy (non-hydrogen) atoms. The molecule has 0 atom stereocenters. The van der Waals surface area contributed by atoms with E-state index in [1.807, 2.05) is 51.1 Å². The number of anilines is 1. The van der Waals surface area contributed by atoms with Crippen molar-refractivity contribution in [2.24, 2.45) is 0 Å². The number of methoxy groups -OCH3 is 1. The summed E-state index contributed by atoms with van der Waals surface area (Å²) in [6.07, 6.45) is 0. The van der Waals surface area contributed by atoms with Gasteiger partial charge in [0.15, 0.2) is 6.61 Å². The van der Waals surface area contributed by atoms with E-state index >= 15 is 0 Å². The fourth-order valence-electron chi connectivity index (χ4n) is 2.24. The maximum absolute atomic E-state index is 12.1. The van der Waals surface area contributed by atoms with Crippen molar-refractivity contribution in [2.75, 3.05) is 19.0 Å². The molecule has 1 amide bonds. The minimum atomic E-state index is -0.251. The molecule has 0 aliphatic carbocycles. The van der Waals surface area contributed by atoms with Gasteiger partial charge in [-0.05, 0) is 61.7 Å². The SMILES string of the molecule is COc1ccc(C)cc1NC(=O)COc1cc(C)c(Cl)c(C)c1. The minimum absolute atomic E-state index is 0.0857. The topological polar surface area (TPSA) is 47.6 Å². The number of ether oxygens (including phenoxy) is 2. The lowest BCUT2D eigenvalue weighted by Gasteiger charge is -2.12. The number of halogens is 1. The second-order valence-electron chi connectivity index (χ2n) is 5.41. The summed E-state index contributed by atoms with van der Waals surface area (Å²) in [7, 11) is 1.57. The standard InChI is InChI=1S/C18H20ClNO3/c1-11-5-6-16(22-4)15(7-11)20-17(21)10-23-14-8-12(2)18(19)13(3)9-14/h5-9H,10H2,1-4H3,(H,20,21). The molecule has 0 unspecified atom stereocenters. The molecule has 0 aliphatic heterocycles. The number of hydrogen-bond acceptors (Lipinski definition) is 3. The third-order valence-corrected chi connectivity index (χ3v) is 4.01. The summed E-state index contributed by atoms with van der Waals surface area (Å²) >= 11 is 6.12. The molecule has 0 saturated carbocycles. The first-order chi connectivity index (χ1) is 10.9. The van der Waals surface area contributed by atoms with Crippen LogP contribution in [0.4, 0.5) is 5.69 Å². The van der Waals surface area contributed by atoms with Crippen molar-refractivity contribution in [2.45, 2.75) is 20.8 Å². The highest BCUT2D eigenvalue weighted by atomic mass is 35.5. The van der Waals surface area contributed by atoms with Gasteiger partial charge in [0.2, 0.25) is 0 Å². The van der Waals surface area contributed by atoms with Crippen LogP contribution in [0.5, 0.6) is 11.5 Å². The monoisotopic (exact) mass is 333 g/mol. The molecule has 2 rings (SSSR count). The van der Waals surface area contributed by atoms with Gasteiger partial charge in [0.05, 0.1) is 12.8 Å². The normalized spacial score (nSPS) is 10.3. The molecular formula is C18H20ClNO3. The van der Waals surface area contributed by atoms with Crippen LogP contribution in [0.2, 0.25) is 5.02 Å². The number of amides is 1. The van der Waals surface area contributed by atoms with E-state index in [0.717, 1.165) is 16.7 Å². The van der Waals surface area contributed by atoms with E-state index in [1.165, 1.54) is 0 Å². The van der Waals surface area contributed by atoms with Crippen molar-refractivity contribution >= 4 is 23.2 Å². The lowest BCUT2D eigenvalue weighted by atomic mass is 10.1. The molecule has 0 fully saturated rings. The first-order valence-electron chi connectivity index (χ1n) is 7.24. The van der Waals surface area contributed by atoms with E-state index in [2.05, 4.69) is 5.32 Å². The Hall–Kier alpha value is -2.20. The van der Waals surface area contributed by atoms with Crippen molar-refractivity contribution < 1.29 is 14.3 Å². The summed E-state index contributed by atoms with van der Waals surface area (Å²) in [4.78, 5) is 12.1. The van der Waals surface area contributed by atoms with Gasteiger partial charge < -0.3 is 14.8 Å². The van der Waals surface area contributed by atoms with Gasteiger partial charge in [-0.25, -0.2) is 0 Å². The van der Waals surface area contributed by atoms with Crippen LogP contribution in [0, 0.1) is 20.8 Å². The predicted molar refractivity (Wildman–Crippen MR) is 92.8 cm³/mol. The summed E-state index contributed by atoms with van der Waals surface area (Å²) < 4.78 is 10.8. The first kappa shape index (κ1) is 17.2. The molecule has 1 N–H and O–H groups in total. The van der Waals surface area contributed by atoms with Crippen LogP contribution in [0.3, 0.4) is 0 Å². The van der Waals surface area contributed by atoms with Crippen LogP contribution in [0.15, 0.2) is 30.3 Å². The summed E-state index contributed by atoms with van der Waals surface area (Å²) in [6.45, 7) is 5.67. The third-order valence-electron chi connectivity index (χ3n) is 3.41. The van der Waals surface area contributed by atoms with E-state index in [4.69, 9.17) is 21.1 Å². The predicted octanol–water partition coefficient (Wildman–Crippen LogP) is 4.29. The fourth-order valence-corrected chi connectivity index (χ4v) is 2.35. The van der Waals surface area contributed by atoms with Crippen molar-refractivity contribution in [3.05, 3.63) is 52.0 Å². The molecule has 5 heteroatoms. The zero-order valence-corrected chi connectivity index (χ0v) is 14.5. The second kappa shape index (κ2) is 7.38. The van der Waals surface area contributed by atoms with Crippen LogP contribution in [-0.4, -0.2) is 19.6 Å². The van der Waals surface area contributed by atoms with Crippen molar-refractivity contribution in [1.82, 2.24) is 0 Å². The number of carbonyl (C=O) groups excluding carboxylic acids is 1. The number of aryl methyl sites for hydroxylation is 3. The number of nitrogens with one attached hydrogen (secondary N) is 1. The Balaban J connectivity index is 2.02. The van der Waals surface area contributed by atoms with Crippen LogP contribution < -0.4 is 14.8 Å². The molecular weight excluding hydrogens is 314 g/mol. The Morgan fingerprint density at radius 2 is 1.78 bits per heavy atom. The van der Waals surface area contributed by atoms with E-state index in [-0.39, 0.29) is 12.5 Å². The molecule has 2 aromatic rings. The Morgan fingerprint density at radius 1 is 1.13 bits per heavy atom. The number of benzene rings is 2. The molecule has 0 aromatic heterocycles. The van der Waals surface area contributed by atoms with Crippen molar-refractivity contribution in [3.8, 4) is 11.5 Å². The number of carbonyl (C=O) groups is 1. The number of hydrogen-bond donors (Lipinski definition) is 1. The van der Waals surface area contributed by atoms with E-state index in [9.17, 15) is 4.79 Å². The highest BCUT2D eigenvalue weighted by Crippen LogP contribution is 2.27. The lowest BCUT2D eigenvalue weighted by molar-refractivity contribution is -0.118. The third kappa shape index (κ3) is 4.39. The summed E-state index contributed by atoms with van der Waals surface area (Å²) in [5.74, 6) is 0.983. The van der Waals surface area contributed by atoms with Crippen LogP contribution >= 0.6 is 11.6 Å². The second-order valence-corrected chi connectivity index (χ2v) is 5.79. The fraction of sp³-hybridized carbons (Fsp3) is 0.278. The summed E-state index contributed by atoms with van der Waals surface area (Å²) in [5.41, 5.74) is 3.50. The smallest absolute Gasteiger partial charge is 0.262 e. The molecule has 0 radical (unpaired) electrons. The van der Waals surface area contributed by atoms with Crippen molar-refractivity contribution in [1.29, 1.82) is 0 Å². The zero-order chi connectivity index (χ0) is 17.0. The van der Waals surface area contributed by atoms with Crippen LogP contribution in [0.1, 0.15) is 16.7 Å². The average molecular weight is 334 g/mol. The molecule has 0 aliphatic rings. The van der Waals surface area contributed by atoms with Crippen LogP contribution in [0.25, 0.3) is 0 Å². The molecule has 0 spiro atoms. The molecule has 4 nitrogen and oxygen atoms in total. The Kier molecular flexibility index (Phi) is 5.50. The summed E-state index contributed by atoms with van der Waals surface area (Å²) in [6, 6.07) is 9.22. The first-order valence-corrected chi connectivity index (χ1v) is 7.62. The van der Waals surface area contributed by atoms with E-state index in [1.54, 1.807) is 7.11 Å². The Labute approximate surface area is 141 Å². The summed E-state index contributed by atoms with van der Waals surface area (Å²) in [5, 5.41) is 3.51. The largest absolute Gasteiger partial charge is 0.495 e. The van der Waals surface area contributed by atoms with Gasteiger partial charge in [-0.15, -0.1) is 0 Å². The van der Waals surface area contributed by atoms with Gasteiger partial charge in [-0.2, -0.15) is 0 Å². The van der Waals surface area contributed by atoms with Gasteiger partial charge in [0, 0.05) is 5.02 Å². The van der Waals surface area contributed by atoms with Crippen molar-refractivity contribution in [3.63, 3.8) is 0 Å². The maximum atomic E-state index is 12.1. The highest BCUT2D eigenvalue weighted by molar-refractivity contribution is 6.32. The van der Waals surface area contributed by atoms with E-state index < -0.39 is 0 Å². The van der Waals surface area contributed by atoms with Gasteiger partial charge in [-0.3, -0.25) is 4.79 Å². The minimum Gasteiger partial charge on any atom is -0.495 e. The van der Waals surface area contributed by atoms with E-state index in [0.29, 0.717) is 22.2 Å². The quantitative estimate of drug-likeness (QED) is 0.887. The van der Waals surface area contributed by atoms with Gasteiger partial charge in [0.1, 0.15) is 11.5 Å². The molecule has 2 aromatic carbocycles. The molecule has 122 valence electrons. The molecule has 0 saturated heterocycles. The van der Waals surface area contributed by atoms with Crippen LogP contribution in [-0.2, 0) is 4.79 Å². The van der Waals surface area contributed by atoms with Gasteiger partial charge in [0.25, 0.3) is 5.91 Å². The molecule has 0 heterocycles. The van der Waals surface area contributed by atoms with Gasteiger partial charge in [-0.1, -0.05) is 17.7 Å². The lowest BCUT2D eigenvalue weighted by Crippen LogP contribution is -2.20. The maximum Gasteiger partial charge on any atom is 0.262 e. The highest BCUT2D eigenvalue weighted by Gasteiger charge is 2.10. The van der Waals surface area contributed by atoms with Gasteiger partial charge >= 0.3 is 0 Å². The Morgan fingerprint density at radius 3 is 2.39 bits per heavy atom.